The van der Waals surface area contributed by atoms with Gasteiger partial charge in [0.2, 0.25) is 0 Å². The van der Waals surface area contributed by atoms with Crippen molar-refractivity contribution in [3.63, 3.8) is 0 Å². The first-order chi connectivity index (χ1) is 6.59. The molecule has 0 amide bonds. The lowest BCUT2D eigenvalue weighted by Crippen LogP contribution is -2.05. The summed E-state index contributed by atoms with van der Waals surface area (Å²) in [6, 6.07) is 4.05. The first-order valence-corrected chi connectivity index (χ1v) is 5.28. The Hall–Kier alpha value is -0.870. The number of rotatable bonds is 1. The lowest BCUT2D eigenvalue weighted by Gasteiger charge is -2.05. The van der Waals surface area contributed by atoms with E-state index in [9.17, 15) is 0 Å². The Morgan fingerprint density at radius 3 is 2.86 bits per heavy atom. The number of aromatic nitrogens is 2. The third-order valence-corrected chi connectivity index (χ3v) is 3.22. The molecule has 2 rings (SSSR count). The number of hydrogen-bond acceptors (Lipinski definition) is 2. The SMILES string of the molecule is Cc1nc2ccc(C(C)N)cn2c1Br. The summed E-state index contributed by atoms with van der Waals surface area (Å²) >= 11 is 3.49. The van der Waals surface area contributed by atoms with Gasteiger partial charge in [0.25, 0.3) is 0 Å². The minimum atomic E-state index is 0.0500. The van der Waals surface area contributed by atoms with Crippen LogP contribution in [0.2, 0.25) is 0 Å². The number of imidazole rings is 1. The summed E-state index contributed by atoms with van der Waals surface area (Å²) < 4.78 is 3.00. The summed E-state index contributed by atoms with van der Waals surface area (Å²) in [6.45, 7) is 3.95. The van der Waals surface area contributed by atoms with Gasteiger partial charge in [-0.2, -0.15) is 0 Å². The van der Waals surface area contributed by atoms with E-state index in [1.807, 2.05) is 36.6 Å². The van der Waals surface area contributed by atoms with E-state index in [1.165, 1.54) is 0 Å². The number of hydrogen-bond donors (Lipinski definition) is 1. The van der Waals surface area contributed by atoms with E-state index < -0.39 is 0 Å². The second-order valence-electron chi connectivity index (χ2n) is 3.47. The molecule has 0 aliphatic carbocycles. The molecule has 0 aliphatic rings. The zero-order chi connectivity index (χ0) is 10.3. The largest absolute Gasteiger partial charge is 0.324 e. The van der Waals surface area contributed by atoms with Gasteiger partial charge >= 0.3 is 0 Å². The average molecular weight is 254 g/mol. The van der Waals surface area contributed by atoms with Gasteiger partial charge in [-0.05, 0) is 41.4 Å². The maximum Gasteiger partial charge on any atom is 0.137 e. The molecule has 0 spiro atoms. The molecule has 0 radical (unpaired) electrons. The molecule has 2 aromatic rings. The molecule has 0 saturated heterocycles. The van der Waals surface area contributed by atoms with Gasteiger partial charge in [-0.3, -0.25) is 4.40 Å². The van der Waals surface area contributed by atoms with Gasteiger partial charge in [-0.15, -0.1) is 0 Å². The lowest BCUT2D eigenvalue weighted by atomic mass is 10.2. The Morgan fingerprint density at radius 2 is 2.21 bits per heavy atom. The fourth-order valence-electron chi connectivity index (χ4n) is 1.42. The van der Waals surface area contributed by atoms with Crippen molar-refractivity contribution < 1.29 is 0 Å². The van der Waals surface area contributed by atoms with Crippen molar-refractivity contribution in [3.8, 4) is 0 Å². The zero-order valence-corrected chi connectivity index (χ0v) is 9.75. The summed E-state index contributed by atoms with van der Waals surface area (Å²) in [5.41, 5.74) is 8.86. The molecule has 2 heterocycles. The number of pyridine rings is 1. The second-order valence-corrected chi connectivity index (χ2v) is 4.22. The molecule has 74 valence electrons. The Morgan fingerprint density at radius 1 is 1.50 bits per heavy atom. The predicted octanol–water partition coefficient (Wildman–Crippen LogP) is 2.42. The van der Waals surface area contributed by atoms with Crippen molar-refractivity contribution in [1.82, 2.24) is 9.38 Å². The van der Waals surface area contributed by atoms with Crippen molar-refractivity contribution in [2.24, 2.45) is 5.73 Å². The molecule has 14 heavy (non-hydrogen) atoms. The van der Waals surface area contributed by atoms with E-state index >= 15 is 0 Å². The number of nitrogens with two attached hydrogens (primary N) is 1. The minimum Gasteiger partial charge on any atom is -0.324 e. The first-order valence-electron chi connectivity index (χ1n) is 4.49. The monoisotopic (exact) mass is 253 g/mol. The van der Waals surface area contributed by atoms with Crippen LogP contribution in [0, 0.1) is 6.92 Å². The molecule has 2 N–H and O–H groups in total. The summed E-state index contributed by atoms with van der Waals surface area (Å²) in [4.78, 5) is 4.39. The minimum absolute atomic E-state index is 0.0500. The van der Waals surface area contributed by atoms with Crippen LogP contribution < -0.4 is 5.73 Å². The topological polar surface area (TPSA) is 43.3 Å². The van der Waals surface area contributed by atoms with Crippen LogP contribution in [0.25, 0.3) is 5.65 Å². The molecule has 4 heteroatoms. The number of halogens is 1. The molecule has 0 saturated carbocycles. The van der Waals surface area contributed by atoms with Gasteiger partial charge in [-0.25, -0.2) is 4.98 Å². The smallest absolute Gasteiger partial charge is 0.137 e. The van der Waals surface area contributed by atoms with Gasteiger partial charge in [0.15, 0.2) is 0 Å². The van der Waals surface area contributed by atoms with Crippen LogP contribution in [-0.4, -0.2) is 9.38 Å². The van der Waals surface area contributed by atoms with Crippen molar-refractivity contribution in [2.45, 2.75) is 19.9 Å². The lowest BCUT2D eigenvalue weighted by molar-refractivity contribution is 0.807. The predicted molar refractivity (Wildman–Crippen MR) is 60.2 cm³/mol. The highest BCUT2D eigenvalue weighted by molar-refractivity contribution is 9.10. The van der Waals surface area contributed by atoms with Gasteiger partial charge < -0.3 is 5.73 Å². The zero-order valence-electron chi connectivity index (χ0n) is 8.16. The van der Waals surface area contributed by atoms with Gasteiger partial charge in [0, 0.05) is 12.2 Å². The molecule has 0 aromatic carbocycles. The van der Waals surface area contributed by atoms with E-state index in [4.69, 9.17) is 5.73 Å². The molecule has 3 nitrogen and oxygen atoms in total. The van der Waals surface area contributed by atoms with Crippen LogP contribution >= 0.6 is 15.9 Å². The van der Waals surface area contributed by atoms with Crippen molar-refractivity contribution >= 4 is 21.6 Å². The van der Waals surface area contributed by atoms with Crippen LogP contribution in [0.15, 0.2) is 22.9 Å². The normalized spacial score (nSPS) is 13.4. The van der Waals surface area contributed by atoms with E-state index in [0.29, 0.717) is 0 Å². The Bertz CT molecular complexity index is 473. The van der Waals surface area contributed by atoms with Gasteiger partial charge in [0.1, 0.15) is 10.3 Å². The standard InChI is InChI=1S/C10H12BrN3/c1-6(12)8-3-4-9-13-7(2)10(11)14(9)5-8/h3-6H,12H2,1-2H3. The molecule has 0 bridgehead atoms. The Labute approximate surface area is 91.1 Å². The van der Waals surface area contributed by atoms with E-state index in [1.54, 1.807) is 0 Å². The second kappa shape index (κ2) is 3.37. The van der Waals surface area contributed by atoms with Crippen LogP contribution in [0.3, 0.4) is 0 Å². The molecule has 1 unspecified atom stereocenters. The third-order valence-electron chi connectivity index (χ3n) is 2.27. The number of nitrogens with zero attached hydrogens (tertiary/aromatic N) is 2. The summed E-state index contributed by atoms with van der Waals surface area (Å²) in [6.07, 6.45) is 2.02. The number of aryl methyl sites for hydroxylation is 1. The van der Waals surface area contributed by atoms with Crippen molar-refractivity contribution in [3.05, 3.63) is 34.2 Å². The van der Waals surface area contributed by atoms with Crippen LogP contribution in [0.5, 0.6) is 0 Å². The highest BCUT2D eigenvalue weighted by Gasteiger charge is 2.07. The van der Waals surface area contributed by atoms with Crippen molar-refractivity contribution in [1.29, 1.82) is 0 Å². The quantitative estimate of drug-likeness (QED) is 0.849. The van der Waals surface area contributed by atoms with E-state index in [-0.39, 0.29) is 6.04 Å². The van der Waals surface area contributed by atoms with Gasteiger partial charge in [-0.1, -0.05) is 6.07 Å². The molecular formula is C10H12BrN3. The van der Waals surface area contributed by atoms with Crippen LogP contribution in [-0.2, 0) is 0 Å². The Kier molecular flexibility index (Phi) is 2.33. The highest BCUT2D eigenvalue weighted by atomic mass is 79.9. The summed E-state index contributed by atoms with van der Waals surface area (Å²) in [5, 5.41) is 0. The molecule has 2 aromatic heterocycles. The first kappa shape index (κ1) is 9.68. The molecule has 0 aliphatic heterocycles. The van der Waals surface area contributed by atoms with Crippen molar-refractivity contribution in [2.75, 3.05) is 0 Å². The molecular weight excluding hydrogens is 242 g/mol. The maximum absolute atomic E-state index is 5.81. The van der Waals surface area contributed by atoms with E-state index in [2.05, 4.69) is 20.9 Å². The summed E-state index contributed by atoms with van der Waals surface area (Å²) in [5.74, 6) is 0. The highest BCUT2D eigenvalue weighted by Crippen LogP contribution is 2.20. The maximum atomic E-state index is 5.81. The van der Waals surface area contributed by atoms with Crippen LogP contribution in [0.1, 0.15) is 24.2 Å². The van der Waals surface area contributed by atoms with E-state index in [0.717, 1.165) is 21.5 Å². The number of fused-ring (bicyclic) bond motifs is 1. The third kappa shape index (κ3) is 1.44. The Balaban J connectivity index is 2.69. The molecule has 0 fully saturated rings. The fraction of sp³-hybridized carbons (Fsp3) is 0.300. The summed E-state index contributed by atoms with van der Waals surface area (Å²) in [7, 11) is 0. The molecule has 1 atom stereocenters. The fourth-order valence-corrected chi connectivity index (χ4v) is 1.79. The van der Waals surface area contributed by atoms with Gasteiger partial charge in [0.05, 0.1) is 5.69 Å². The van der Waals surface area contributed by atoms with Crippen LogP contribution in [0.4, 0.5) is 0 Å². The average Bonchev–Trinajstić information content (AvgIpc) is 2.43.